The normalized spacial score (nSPS) is 21.2. The molecule has 1 aromatic rings. The summed E-state index contributed by atoms with van der Waals surface area (Å²) in [6, 6.07) is 4.88. The zero-order chi connectivity index (χ0) is 14.0. The van der Waals surface area contributed by atoms with Crippen LogP contribution in [0.25, 0.3) is 0 Å². The minimum atomic E-state index is -0.408. The van der Waals surface area contributed by atoms with E-state index in [9.17, 15) is 15.0 Å². The van der Waals surface area contributed by atoms with Crippen molar-refractivity contribution in [1.82, 2.24) is 4.90 Å². The zero-order valence-corrected chi connectivity index (χ0v) is 12.4. The quantitative estimate of drug-likeness (QED) is 0.876. The summed E-state index contributed by atoms with van der Waals surface area (Å²) in [5.41, 5.74) is 0.314. The third-order valence-corrected chi connectivity index (χ3v) is 4.11. The number of phenols is 1. The van der Waals surface area contributed by atoms with Crippen LogP contribution < -0.4 is 0 Å². The Bertz CT molecular complexity index is 476. The van der Waals surface area contributed by atoms with Crippen molar-refractivity contribution in [2.45, 2.75) is 25.9 Å². The molecule has 1 saturated heterocycles. The number of amides is 1. The van der Waals surface area contributed by atoms with E-state index in [2.05, 4.69) is 15.9 Å². The van der Waals surface area contributed by atoms with Crippen molar-refractivity contribution in [3.05, 3.63) is 28.2 Å². The third kappa shape index (κ3) is 3.28. The minimum absolute atomic E-state index is 0.0152. The second-order valence-electron chi connectivity index (χ2n) is 5.06. The molecule has 1 aliphatic heterocycles. The van der Waals surface area contributed by atoms with Gasteiger partial charge >= 0.3 is 0 Å². The fourth-order valence-electron chi connectivity index (χ4n) is 2.44. The Morgan fingerprint density at radius 1 is 1.53 bits per heavy atom. The molecule has 1 heterocycles. The number of benzene rings is 1. The lowest BCUT2D eigenvalue weighted by molar-refractivity contribution is 0.0464. The lowest BCUT2D eigenvalue weighted by atomic mass is 9.93. The van der Waals surface area contributed by atoms with Crippen LogP contribution in [0.4, 0.5) is 0 Å². The summed E-state index contributed by atoms with van der Waals surface area (Å²) in [6.07, 6.45) is 1.42. The average molecular weight is 328 g/mol. The number of nitrogens with zero attached hydrogens (tertiary/aromatic N) is 1. The molecule has 2 N–H and O–H groups in total. The summed E-state index contributed by atoms with van der Waals surface area (Å²) < 4.78 is 0.738. The highest BCUT2D eigenvalue weighted by atomic mass is 79.9. The van der Waals surface area contributed by atoms with Gasteiger partial charge < -0.3 is 15.1 Å². The second kappa shape index (κ2) is 5.92. The summed E-state index contributed by atoms with van der Waals surface area (Å²) in [6.45, 7) is 2.99. The first kappa shape index (κ1) is 14.3. The van der Waals surface area contributed by atoms with Crippen LogP contribution in [0.3, 0.4) is 0 Å². The third-order valence-electron chi connectivity index (χ3n) is 3.62. The summed E-state index contributed by atoms with van der Waals surface area (Å²) >= 11 is 3.25. The predicted octanol–water partition coefficient (Wildman–Crippen LogP) is 2.39. The van der Waals surface area contributed by atoms with E-state index in [0.717, 1.165) is 17.3 Å². The predicted molar refractivity (Wildman–Crippen MR) is 76.1 cm³/mol. The highest BCUT2D eigenvalue weighted by Crippen LogP contribution is 2.26. The Morgan fingerprint density at radius 2 is 2.26 bits per heavy atom. The van der Waals surface area contributed by atoms with E-state index in [1.165, 1.54) is 6.07 Å². The molecule has 2 atom stereocenters. The molecule has 1 aliphatic rings. The molecule has 5 heteroatoms. The molecule has 2 unspecified atom stereocenters. The second-order valence-corrected chi connectivity index (χ2v) is 5.97. The standard InChI is InChI=1S/C14H18BrNO3/c1-9(17)10-3-2-6-16(8-10)14(19)12-5-4-11(15)7-13(12)18/h4-5,7,9-10,17-18H,2-3,6,8H2,1H3. The molecule has 1 aromatic carbocycles. The van der Waals surface area contributed by atoms with Gasteiger partial charge in [0.15, 0.2) is 0 Å². The maximum Gasteiger partial charge on any atom is 0.257 e. The fraction of sp³-hybridized carbons (Fsp3) is 0.500. The van der Waals surface area contributed by atoms with Crippen molar-refractivity contribution in [2.75, 3.05) is 13.1 Å². The van der Waals surface area contributed by atoms with E-state index in [1.54, 1.807) is 24.0 Å². The monoisotopic (exact) mass is 327 g/mol. The summed E-state index contributed by atoms with van der Waals surface area (Å²) in [7, 11) is 0. The van der Waals surface area contributed by atoms with Crippen LogP contribution in [-0.2, 0) is 0 Å². The van der Waals surface area contributed by atoms with Gasteiger partial charge in [0.1, 0.15) is 5.75 Å². The smallest absolute Gasteiger partial charge is 0.257 e. The van der Waals surface area contributed by atoms with Crippen molar-refractivity contribution < 1.29 is 15.0 Å². The van der Waals surface area contributed by atoms with Crippen LogP contribution in [0.5, 0.6) is 5.75 Å². The van der Waals surface area contributed by atoms with Gasteiger partial charge in [-0.05, 0) is 38.0 Å². The molecule has 104 valence electrons. The van der Waals surface area contributed by atoms with E-state index in [0.29, 0.717) is 18.7 Å². The van der Waals surface area contributed by atoms with Crippen LogP contribution in [-0.4, -0.2) is 40.2 Å². The Morgan fingerprint density at radius 3 is 2.89 bits per heavy atom. The first-order valence-corrected chi connectivity index (χ1v) is 7.24. The van der Waals surface area contributed by atoms with Gasteiger partial charge in [0.2, 0.25) is 0 Å². The highest BCUT2D eigenvalue weighted by Gasteiger charge is 2.28. The van der Waals surface area contributed by atoms with Gasteiger partial charge in [0.05, 0.1) is 11.7 Å². The highest BCUT2D eigenvalue weighted by molar-refractivity contribution is 9.10. The number of aromatic hydroxyl groups is 1. The van der Waals surface area contributed by atoms with Crippen molar-refractivity contribution in [1.29, 1.82) is 0 Å². The summed E-state index contributed by atoms with van der Waals surface area (Å²) in [4.78, 5) is 14.1. The van der Waals surface area contributed by atoms with Crippen molar-refractivity contribution >= 4 is 21.8 Å². The number of likely N-dealkylation sites (tertiary alicyclic amines) is 1. The molecular formula is C14H18BrNO3. The number of aliphatic hydroxyl groups is 1. The van der Waals surface area contributed by atoms with Crippen LogP contribution >= 0.6 is 15.9 Å². The number of hydrogen-bond acceptors (Lipinski definition) is 3. The molecule has 1 amide bonds. The number of rotatable bonds is 2. The molecular weight excluding hydrogens is 310 g/mol. The molecule has 0 saturated carbocycles. The molecule has 4 nitrogen and oxygen atoms in total. The van der Waals surface area contributed by atoms with Crippen LogP contribution in [0.15, 0.2) is 22.7 Å². The Kier molecular flexibility index (Phi) is 4.47. The van der Waals surface area contributed by atoms with E-state index >= 15 is 0 Å². The minimum Gasteiger partial charge on any atom is -0.507 e. The lowest BCUT2D eigenvalue weighted by Crippen LogP contribution is -2.42. The Balaban J connectivity index is 2.15. The van der Waals surface area contributed by atoms with Gasteiger partial charge in [-0.2, -0.15) is 0 Å². The number of phenolic OH excluding ortho intramolecular Hbond substituents is 1. The molecule has 0 aliphatic carbocycles. The maximum absolute atomic E-state index is 12.4. The summed E-state index contributed by atoms with van der Waals surface area (Å²) in [5.74, 6) is -0.0656. The zero-order valence-electron chi connectivity index (χ0n) is 10.8. The fourth-order valence-corrected chi connectivity index (χ4v) is 2.79. The van der Waals surface area contributed by atoms with Gasteiger partial charge in [-0.1, -0.05) is 15.9 Å². The van der Waals surface area contributed by atoms with Crippen molar-refractivity contribution in [2.24, 2.45) is 5.92 Å². The number of hydrogen-bond donors (Lipinski definition) is 2. The Labute approximate surface area is 121 Å². The van der Waals surface area contributed by atoms with Crippen molar-refractivity contribution in [3.63, 3.8) is 0 Å². The molecule has 1 fully saturated rings. The van der Waals surface area contributed by atoms with Crippen LogP contribution in [0, 0.1) is 5.92 Å². The molecule has 0 spiro atoms. The number of piperidine rings is 1. The molecule has 0 radical (unpaired) electrons. The van der Waals surface area contributed by atoms with Crippen LogP contribution in [0.1, 0.15) is 30.1 Å². The van der Waals surface area contributed by atoms with Gasteiger partial charge in [0.25, 0.3) is 5.91 Å². The Hall–Kier alpha value is -1.07. The van der Waals surface area contributed by atoms with E-state index in [1.807, 2.05) is 0 Å². The molecule has 0 aromatic heterocycles. The molecule has 2 rings (SSSR count). The molecule has 0 bridgehead atoms. The first-order valence-electron chi connectivity index (χ1n) is 6.45. The van der Waals surface area contributed by atoms with Gasteiger partial charge in [0, 0.05) is 23.5 Å². The number of carbonyl (C=O) groups is 1. The largest absolute Gasteiger partial charge is 0.507 e. The first-order chi connectivity index (χ1) is 8.99. The van der Waals surface area contributed by atoms with Gasteiger partial charge in [-0.25, -0.2) is 0 Å². The van der Waals surface area contributed by atoms with E-state index in [4.69, 9.17) is 0 Å². The number of carbonyl (C=O) groups excluding carboxylic acids is 1. The summed E-state index contributed by atoms with van der Waals surface area (Å²) in [5, 5.41) is 19.5. The van der Waals surface area contributed by atoms with Crippen LogP contribution in [0.2, 0.25) is 0 Å². The maximum atomic E-state index is 12.4. The number of halogens is 1. The topological polar surface area (TPSA) is 60.8 Å². The average Bonchev–Trinajstić information content (AvgIpc) is 2.38. The van der Waals surface area contributed by atoms with Gasteiger partial charge in [-0.15, -0.1) is 0 Å². The van der Waals surface area contributed by atoms with E-state index < -0.39 is 6.10 Å². The SMILES string of the molecule is CC(O)C1CCCN(C(=O)c2ccc(Br)cc2O)C1. The van der Waals surface area contributed by atoms with E-state index in [-0.39, 0.29) is 17.6 Å². The van der Waals surface area contributed by atoms with Crippen molar-refractivity contribution in [3.8, 4) is 5.75 Å². The number of aliphatic hydroxyl groups excluding tert-OH is 1. The van der Waals surface area contributed by atoms with Gasteiger partial charge in [-0.3, -0.25) is 4.79 Å². The molecule has 19 heavy (non-hydrogen) atoms. The lowest BCUT2D eigenvalue weighted by Gasteiger charge is -2.34.